The molecule has 2 unspecified atom stereocenters. The number of ether oxygens (including phenoxy) is 4. The van der Waals surface area contributed by atoms with Crippen LogP contribution in [-0.2, 0) is 9.47 Å². The zero-order valence-electron chi connectivity index (χ0n) is 10.8. The van der Waals surface area contributed by atoms with E-state index in [9.17, 15) is 0 Å². The van der Waals surface area contributed by atoms with Gasteiger partial charge in [0.05, 0.1) is 25.4 Å². The molecule has 2 N–H and O–H groups in total. The van der Waals surface area contributed by atoms with Gasteiger partial charge in [0, 0.05) is 6.61 Å². The predicted molar refractivity (Wildman–Crippen MR) is 69.5 cm³/mol. The van der Waals surface area contributed by atoms with E-state index in [-0.39, 0.29) is 12.1 Å². The van der Waals surface area contributed by atoms with Crippen molar-refractivity contribution in [1.82, 2.24) is 0 Å². The van der Waals surface area contributed by atoms with Crippen LogP contribution >= 0.6 is 0 Å². The number of nitrogens with two attached hydrogens (primary N) is 1. The van der Waals surface area contributed by atoms with E-state index >= 15 is 0 Å². The van der Waals surface area contributed by atoms with E-state index in [1.807, 2.05) is 18.2 Å². The van der Waals surface area contributed by atoms with E-state index in [2.05, 4.69) is 0 Å². The summed E-state index contributed by atoms with van der Waals surface area (Å²) < 4.78 is 22.0. The number of rotatable bonds is 4. The Morgan fingerprint density at radius 3 is 2.84 bits per heavy atom. The maximum absolute atomic E-state index is 6.14. The van der Waals surface area contributed by atoms with E-state index in [0.717, 1.165) is 30.1 Å². The molecule has 0 aromatic heterocycles. The fourth-order valence-corrected chi connectivity index (χ4v) is 2.27. The van der Waals surface area contributed by atoms with Gasteiger partial charge >= 0.3 is 0 Å². The minimum absolute atomic E-state index is 0.156. The first-order valence-corrected chi connectivity index (χ1v) is 6.67. The standard InChI is InChI=1S/C14H19NO4/c15-12(9-19-11-3-4-16-8-11)10-1-2-13-14(7-10)18-6-5-17-13/h1-2,7,11-12H,3-6,8-9,15H2. The Hall–Kier alpha value is -1.30. The number of benzene rings is 1. The molecule has 1 aromatic rings. The maximum Gasteiger partial charge on any atom is 0.161 e. The van der Waals surface area contributed by atoms with Gasteiger partial charge in [-0.1, -0.05) is 6.07 Å². The highest BCUT2D eigenvalue weighted by molar-refractivity contribution is 5.44. The van der Waals surface area contributed by atoms with Crippen LogP contribution in [-0.4, -0.2) is 39.1 Å². The van der Waals surface area contributed by atoms with Crippen molar-refractivity contribution in [1.29, 1.82) is 0 Å². The first-order chi connectivity index (χ1) is 9.33. The zero-order valence-corrected chi connectivity index (χ0v) is 10.8. The van der Waals surface area contributed by atoms with Crippen LogP contribution in [0.2, 0.25) is 0 Å². The highest BCUT2D eigenvalue weighted by Gasteiger charge is 2.19. The molecule has 3 rings (SSSR count). The van der Waals surface area contributed by atoms with Gasteiger partial charge in [-0.2, -0.15) is 0 Å². The lowest BCUT2D eigenvalue weighted by Gasteiger charge is -2.21. The molecule has 0 amide bonds. The Morgan fingerprint density at radius 2 is 2.05 bits per heavy atom. The quantitative estimate of drug-likeness (QED) is 0.888. The monoisotopic (exact) mass is 265 g/mol. The molecule has 5 heteroatoms. The summed E-state index contributed by atoms with van der Waals surface area (Å²) in [6.07, 6.45) is 1.14. The van der Waals surface area contributed by atoms with E-state index in [0.29, 0.717) is 26.4 Å². The lowest BCUT2D eigenvalue weighted by Crippen LogP contribution is -2.23. The van der Waals surface area contributed by atoms with E-state index in [4.69, 9.17) is 24.7 Å². The predicted octanol–water partition coefficient (Wildman–Crippen LogP) is 1.26. The van der Waals surface area contributed by atoms with Gasteiger partial charge in [0.2, 0.25) is 0 Å². The van der Waals surface area contributed by atoms with E-state index < -0.39 is 0 Å². The third-order valence-electron chi connectivity index (χ3n) is 3.39. The van der Waals surface area contributed by atoms with Gasteiger partial charge in [0.15, 0.2) is 11.5 Å². The first-order valence-electron chi connectivity index (χ1n) is 6.67. The second-order valence-electron chi connectivity index (χ2n) is 4.83. The third-order valence-corrected chi connectivity index (χ3v) is 3.39. The highest BCUT2D eigenvalue weighted by Crippen LogP contribution is 2.32. The van der Waals surface area contributed by atoms with Crippen molar-refractivity contribution >= 4 is 0 Å². The fourth-order valence-electron chi connectivity index (χ4n) is 2.27. The molecule has 2 aliphatic heterocycles. The van der Waals surface area contributed by atoms with Crippen LogP contribution in [0.5, 0.6) is 11.5 Å². The fraction of sp³-hybridized carbons (Fsp3) is 0.571. The number of hydrogen-bond donors (Lipinski definition) is 1. The molecular formula is C14H19NO4. The van der Waals surface area contributed by atoms with Crippen LogP contribution < -0.4 is 15.2 Å². The molecule has 1 saturated heterocycles. The second kappa shape index (κ2) is 5.77. The van der Waals surface area contributed by atoms with E-state index in [1.54, 1.807) is 0 Å². The molecule has 2 atom stereocenters. The van der Waals surface area contributed by atoms with Crippen molar-refractivity contribution in [3.63, 3.8) is 0 Å². The minimum atomic E-state index is -0.156. The van der Waals surface area contributed by atoms with Gasteiger partial charge in [-0.25, -0.2) is 0 Å². The average molecular weight is 265 g/mol. The summed E-state index contributed by atoms with van der Waals surface area (Å²) in [5.41, 5.74) is 7.15. The smallest absolute Gasteiger partial charge is 0.161 e. The molecule has 1 aromatic carbocycles. The molecule has 2 heterocycles. The van der Waals surface area contributed by atoms with Crippen LogP contribution in [0.4, 0.5) is 0 Å². The Kier molecular flexibility index (Phi) is 3.87. The SMILES string of the molecule is NC(COC1CCOC1)c1ccc2c(c1)OCCO2. The van der Waals surface area contributed by atoms with Crippen LogP contribution in [0.3, 0.4) is 0 Å². The van der Waals surface area contributed by atoms with Gasteiger partial charge < -0.3 is 24.7 Å². The third kappa shape index (κ3) is 3.00. The number of fused-ring (bicyclic) bond motifs is 1. The van der Waals surface area contributed by atoms with Crippen LogP contribution in [0.1, 0.15) is 18.0 Å². The normalized spacial score (nSPS) is 23.3. The Bertz CT molecular complexity index is 431. The molecule has 5 nitrogen and oxygen atoms in total. The Morgan fingerprint density at radius 1 is 1.21 bits per heavy atom. The molecule has 2 aliphatic rings. The Balaban J connectivity index is 1.60. The summed E-state index contributed by atoms with van der Waals surface area (Å²) in [6.45, 7) is 3.14. The molecule has 0 spiro atoms. The summed E-state index contributed by atoms with van der Waals surface area (Å²) >= 11 is 0. The van der Waals surface area contributed by atoms with Gasteiger partial charge in [-0.15, -0.1) is 0 Å². The molecule has 0 radical (unpaired) electrons. The van der Waals surface area contributed by atoms with Gasteiger partial charge in [0.1, 0.15) is 13.2 Å². The number of hydrogen-bond acceptors (Lipinski definition) is 5. The Labute approximate surface area is 112 Å². The van der Waals surface area contributed by atoms with Crippen molar-refractivity contribution in [3.05, 3.63) is 23.8 Å². The van der Waals surface area contributed by atoms with Crippen LogP contribution in [0.15, 0.2) is 18.2 Å². The molecule has 104 valence electrons. The van der Waals surface area contributed by atoms with Gasteiger partial charge in [-0.05, 0) is 24.1 Å². The van der Waals surface area contributed by atoms with Crippen LogP contribution in [0.25, 0.3) is 0 Å². The van der Waals surface area contributed by atoms with Crippen LogP contribution in [0, 0.1) is 0 Å². The lowest BCUT2D eigenvalue weighted by molar-refractivity contribution is 0.0349. The van der Waals surface area contributed by atoms with Crippen molar-refractivity contribution in [2.24, 2.45) is 5.73 Å². The minimum Gasteiger partial charge on any atom is -0.486 e. The summed E-state index contributed by atoms with van der Waals surface area (Å²) in [7, 11) is 0. The van der Waals surface area contributed by atoms with Crippen molar-refractivity contribution in [2.75, 3.05) is 33.0 Å². The average Bonchev–Trinajstić information content (AvgIpc) is 2.97. The topological polar surface area (TPSA) is 62.9 Å². The largest absolute Gasteiger partial charge is 0.486 e. The summed E-state index contributed by atoms with van der Waals surface area (Å²) in [4.78, 5) is 0. The second-order valence-corrected chi connectivity index (χ2v) is 4.83. The van der Waals surface area contributed by atoms with Crippen molar-refractivity contribution in [2.45, 2.75) is 18.6 Å². The zero-order chi connectivity index (χ0) is 13.1. The summed E-state index contributed by atoms with van der Waals surface area (Å²) in [6, 6.07) is 5.65. The molecular weight excluding hydrogens is 246 g/mol. The van der Waals surface area contributed by atoms with Crippen molar-refractivity contribution < 1.29 is 18.9 Å². The van der Waals surface area contributed by atoms with E-state index in [1.165, 1.54) is 0 Å². The molecule has 19 heavy (non-hydrogen) atoms. The molecule has 0 bridgehead atoms. The first kappa shape index (κ1) is 12.7. The van der Waals surface area contributed by atoms with Gasteiger partial charge in [-0.3, -0.25) is 0 Å². The summed E-state index contributed by atoms with van der Waals surface area (Å²) in [5, 5.41) is 0. The lowest BCUT2D eigenvalue weighted by atomic mass is 10.1. The molecule has 1 fully saturated rings. The highest BCUT2D eigenvalue weighted by atomic mass is 16.6. The molecule has 0 saturated carbocycles. The maximum atomic E-state index is 6.14. The summed E-state index contributed by atoms with van der Waals surface area (Å²) in [5.74, 6) is 1.55. The van der Waals surface area contributed by atoms with Crippen molar-refractivity contribution in [3.8, 4) is 11.5 Å². The van der Waals surface area contributed by atoms with Gasteiger partial charge in [0.25, 0.3) is 0 Å². The molecule has 0 aliphatic carbocycles.